The van der Waals surface area contributed by atoms with E-state index in [4.69, 9.17) is 9.26 Å². The van der Waals surface area contributed by atoms with Crippen LogP contribution >= 0.6 is 0 Å². The number of hydrogen-bond acceptors (Lipinski definition) is 6. The van der Waals surface area contributed by atoms with Gasteiger partial charge in [0.15, 0.2) is 5.76 Å². The summed E-state index contributed by atoms with van der Waals surface area (Å²) in [6, 6.07) is 24.7. The maximum absolute atomic E-state index is 12.6. The molecule has 1 aliphatic carbocycles. The smallest absolute Gasteiger partial charge is 0.549 e. The zero-order chi connectivity index (χ0) is 25.3. The van der Waals surface area contributed by atoms with E-state index in [1.807, 2.05) is 85.8 Å². The summed E-state index contributed by atoms with van der Waals surface area (Å²) < 4.78 is 11.0. The Morgan fingerprint density at radius 3 is 2.08 bits per heavy atom. The third kappa shape index (κ3) is 5.49. The van der Waals surface area contributed by atoms with Crippen molar-refractivity contribution in [2.45, 2.75) is 38.2 Å². The molecule has 0 bridgehead atoms. The number of nitrogens with zero attached hydrogens (tertiary/aromatic N) is 1. The molecule has 1 N–H and O–H groups in total. The van der Waals surface area contributed by atoms with Gasteiger partial charge in [-0.2, -0.15) is 0 Å². The number of carbonyl (C=O) groups is 2. The van der Waals surface area contributed by atoms with E-state index in [0.29, 0.717) is 30.0 Å². The number of aryl methyl sites for hydroxylation is 1. The Kier molecular flexibility index (Phi) is 7.87. The Morgan fingerprint density at radius 2 is 1.51 bits per heavy atom. The molecule has 8 heteroatoms. The number of carboxylic acid groups (broad SMARTS) is 1. The number of carboxylic acids is 1. The van der Waals surface area contributed by atoms with Crippen molar-refractivity contribution in [2.24, 2.45) is 0 Å². The number of nitrogens with one attached hydrogen (secondary N) is 1. The molecule has 1 atom stereocenters. The number of hydrogen-bond donors (Lipinski definition) is 1. The largest absolute Gasteiger partial charge is 1.00 e. The molecule has 0 saturated heterocycles. The standard InChI is InChI=1S/C29H26N2O5.Na/c1-18-25(30-28(34)35-19(2)20-6-4-3-5-7-20)26(36-31-18)23-10-8-21(9-11-23)22-12-14-24(15-13-22)29(16-17-29)27(32)33;/h3-15,19H,16-17H2,1-2H3,(H,30,34)(H,32,33);/q;+1/p-1. The van der Waals surface area contributed by atoms with Crippen LogP contribution < -0.4 is 40.0 Å². The Balaban J connectivity index is 0.00000320. The third-order valence-electron chi connectivity index (χ3n) is 6.70. The fourth-order valence-electron chi connectivity index (χ4n) is 4.33. The SMILES string of the molecule is Cc1noc(-c2ccc(-c3ccc(C4(C(=O)[O-])CC4)cc3)cc2)c1NC(=O)OC(C)c1ccccc1.[Na+]. The minimum Gasteiger partial charge on any atom is -0.549 e. The number of aliphatic carboxylic acids is 1. The summed E-state index contributed by atoms with van der Waals surface area (Å²) in [5, 5.41) is 18.3. The maximum atomic E-state index is 12.6. The van der Waals surface area contributed by atoms with E-state index >= 15 is 0 Å². The predicted octanol–water partition coefficient (Wildman–Crippen LogP) is 2.41. The average molecular weight is 505 g/mol. The van der Waals surface area contributed by atoms with Gasteiger partial charge >= 0.3 is 35.7 Å². The van der Waals surface area contributed by atoms with Crippen molar-refractivity contribution in [1.29, 1.82) is 0 Å². The second kappa shape index (κ2) is 10.9. The molecule has 1 aliphatic rings. The number of ether oxygens (including phenoxy) is 1. The van der Waals surface area contributed by atoms with Crippen molar-refractivity contribution in [3.8, 4) is 22.5 Å². The van der Waals surface area contributed by atoms with Crippen LogP contribution in [0.15, 0.2) is 83.4 Å². The Morgan fingerprint density at radius 1 is 0.946 bits per heavy atom. The topological polar surface area (TPSA) is 104 Å². The van der Waals surface area contributed by atoms with Crippen molar-refractivity contribution in [2.75, 3.05) is 5.32 Å². The van der Waals surface area contributed by atoms with Gasteiger partial charge in [-0.1, -0.05) is 84.0 Å². The van der Waals surface area contributed by atoms with E-state index in [2.05, 4.69) is 10.5 Å². The van der Waals surface area contributed by atoms with Crippen LogP contribution in [-0.2, 0) is 14.9 Å². The summed E-state index contributed by atoms with van der Waals surface area (Å²) in [7, 11) is 0. The Hall–Kier alpha value is -3.39. The average Bonchev–Trinajstić information content (AvgIpc) is 3.64. The summed E-state index contributed by atoms with van der Waals surface area (Å²) in [5.74, 6) is -0.576. The molecule has 5 rings (SSSR count). The van der Waals surface area contributed by atoms with E-state index in [9.17, 15) is 14.7 Å². The van der Waals surface area contributed by atoms with E-state index < -0.39 is 23.6 Å². The molecule has 37 heavy (non-hydrogen) atoms. The molecule has 1 unspecified atom stereocenters. The number of carbonyl (C=O) groups excluding carboxylic acids is 2. The summed E-state index contributed by atoms with van der Waals surface area (Å²) in [4.78, 5) is 24.0. The molecule has 1 fully saturated rings. The van der Waals surface area contributed by atoms with Gasteiger partial charge in [-0.3, -0.25) is 5.32 Å². The number of amides is 1. The van der Waals surface area contributed by atoms with Crippen LogP contribution in [0.3, 0.4) is 0 Å². The number of aromatic nitrogens is 1. The Bertz CT molecular complexity index is 1390. The van der Waals surface area contributed by atoms with Gasteiger partial charge < -0.3 is 19.2 Å². The first-order chi connectivity index (χ1) is 17.4. The van der Waals surface area contributed by atoms with E-state index in [1.54, 1.807) is 6.92 Å². The van der Waals surface area contributed by atoms with Gasteiger partial charge in [0.1, 0.15) is 17.5 Å². The fraction of sp³-hybridized carbons (Fsp3) is 0.207. The van der Waals surface area contributed by atoms with Crippen LogP contribution in [0.4, 0.5) is 10.5 Å². The van der Waals surface area contributed by atoms with Gasteiger partial charge in [-0.05, 0) is 48.9 Å². The predicted molar refractivity (Wildman–Crippen MR) is 133 cm³/mol. The number of anilines is 1. The molecule has 3 aromatic carbocycles. The van der Waals surface area contributed by atoms with Gasteiger partial charge in [0.05, 0.1) is 5.97 Å². The first-order valence-electron chi connectivity index (χ1n) is 11.8. The Labute approximate surface area is 237 Å². The minimum atomic E-state index is -1.01. The normalized spacial score (nSPS) is 14.2. The van der Waals surface area contributed by atoms with Crippen molar-refractivity contribution in [1.82, 2.24) is 5.16 Å². The molecule has 0 spiro atoms. The van der Waals surface area contributed by atoms with E-state index in [1.165, 1.54) is 0 Å². The van der Waals surface area contributed by atoms with Crippen molar-refractivity contribution >= 4 is 17.7 Å². The zero-order valence-electron chi connectivity index (χ0n) is 21.0. The summed E-state index contributed by atoms with van der Waals surface area (Å²) in [6.45, 7) is 3.56. The van der Waals surface area contributed by atoms with Gasteiger partial charge in [-0.15, -0.1) is 0 Å². The summed E-state index contributed by atoms with van der Waals surface area (Å²) >= 11 is 0. The fourth-order valence-corrected chi connectivity index (χ4v) is 4.33. The van der Waals surface area contributed by atoms with Gasteiger partial charge in [0.2, 0.25) is 0 Å². The maximum Gasteiger partial charge on any atom is 1.00 e. The van der Waals surface area contributed by atoms with Crippen LogP contribution in [0.5, 0.6) is 0 Å². The quantitative estimate of drug-likeness (QED) is 0.388. The van der Waals surface area contributed by atoms with Gasteiger partial charge in [0, 0.05) is 11.0 Å². The van der Waals surface area contributed by atoms with Crippen molar-refractivity contribution < 1.29 is 53.5 Å². The van der Waals surface area contributed by atoms with Gasteiger partial charge in [0.25, 0.3) is 0 Å². The monoisotopic (exact) mass is 504 g/mol. The third-order valence-corrected chi connectivity index (χ3v) is 6.70. The van der Waals surface area contributed by atoms with Crippen LogP contribution in [0.25, 0.3) is 22.5 Å². The van der Waals surface area contributed by atoms with Crippen LogP contribution in [0.2, 0.25) is 0 Å². The van der Waals surface area contributed by atoms with Crippen LogP contribution in [0, 0.1) is 6.92 Å². The first-order valence-corrected chi connectivity index (χ1v) is 11.8. The molecule has 7 nitrogen and oxygen atoms in total. The van der Waals surface area contributed by atoms with Crippen molar-refractivity contribution in [3.63, 3.8) is 0 Å². The zero-order valence-corrected chi connectivity index (χ0v) is 23.0. The second-order valence-corrected chi connectivity index (χ2v) is 9.08. The molecule has 0 aliphatic heterocycles. The second-order valence-electron chi connectivity index (χ2n) is 9.08. The molecular formula is C29H25N2NaO5. The minimum absolute atomic E-state index is 0. The summed E-state index contributed by atoms with van der Waals surface area (Å²) in [6.07, 6.45) is 0.229. The number of rotatable bonds is 7. The molecule has 1 saturated carbocycles. The molecular weight excluding hydrogens is 479 g/mol. The molecule has 1 amide bonds. The molecule has 4 aromatic rings. The van der Waals surface area contributed by atoms with Crippen LogP contribution in [-0.4, -0.2) is 17.2 Å². The van der Waals surface area contributed by atoms with E-state index in [-0.39, 0.29) is 29.6 Å². The summed E-state index contributed by atoms with van der Waals surface area (Å²) in [5.41, 5.74) is 4.52. The molecule has 0 radical (unpaired) electrons. The molecule has 182 valence electrons. The van der Waals surface area contributed by atoms with Crippen LogP contribution in [0.1, 0.15) is 42.7 Å². The number of benzene rings is 3. The molecule has 1 heterocycles. The van der Waals surface area contributed by atoms with E-state index in [0.717, 1.165) is 27.8 Å². The van der Waals surface area contributed by atoms with Crippen molar-refractivity contribution in [3.05, 3.63) is 95.7 Å². The molecule has 1 aromatic heterocycles. The first kappa shape index (κ1) is 26.7. The van der Waals surface area contributed by atoms with Gasteiger partial charge in [-0.25, -0.2) is 4.79 Å².